The molecule has 0 unspecified atom stereocenters. The number of nitrogens with two attached hydrogens (primary N) is 1. The Morgan fingerprint density at radius 1 is 1.08 bits per heavy atom. The van der Waals surface area contributed by atoms with Crippen LogP contribution in [-0.2, 0) is 0 Å². The quantitative estimate of drug-likeness (QED) is 0.688. The molecule has 9 heteroatoms. The second kappa shape index (κ2) is 8.15. The van der Waals surface area contributed by atoms with Crippen molar-refractivity contribution < 1.29 is 14.3 Å². The average Bonchev–Trinajstić information content (AvgIpc) is 2.54. The molecule has 25 heavy (non-hydrogen) atoms. The van der Waals surface area contributed by atoms with Crippen molar-refractivity contribution in [1.82, 2.24) is 5.32 Å². The lowest BCUT2D eigenvalue weighted by Gasteiger charge is -2.11. The van der Waals surface area contributed by atoms with Crippen LogP contribution in [0.3, 0.4) is 0 Å². The molecule has 0 heterocycles. The summed E-state index contributed by atoms with van der Waals surface area (Å²) in [5, 5.41) is 5.81. The number of hydrogen-bond donors (Lipinski definition) is 3. The van der Waals surface area contributed by atoms with Crippen molar-refractivity contribution in [3.05, 3.63) is 57.6 Å². The topological polar surface area (TPSA) is 93.4 Å². The van der Waals surface area contributed by atoms with Crippen molar-refractivity contribution in [2.24, 2.45) is 5.73 Å². The molecule has 6 nitrogen and oxygen atoms in total. The van der Waals surface area contributed by atoms with Crippen molar-refractivity contribution in [2.45, 2.75) is 0 Å². The lowest BCUT2D eigenvalue weighted by atomic mass is 10.2. The highest BCUT2D eigenvalue weighted by Gasteiger charge is 2.14. The fraction of sp³-hybridized carbons (Fsp3) is 0.0625. The van der Waals surface area contributed by atoms with Gasteiger partial charge in [0.05, 0.1) is 17.2 Å². The molecule has 2 aromatic rings. The lowest BCUT2D eigenvalue weighted by molar-refractivity contribution is 0.0975. The molecule has 0 fully saturated rings. The van der Waals surface area contributed by atoms with Crippen LogP contribution in [0.4, 0.5) is 5.69 Å². The van der Waals surface area contributed by atoms with Crippen molar-refractivity contribution >= 4 is 58.0 Å². The molecule has 130 valence electrons. The minimum atomic E-state index is -0.532. The second-order valence-electron chi connectivity index (χ2n) is 4.82. The Kier molecular flexibility index (Phi) is 6.19. The Balaban J connectivity index is 2.05. The summed E-state index contributed by atoms with van der Waals surface area (Å²) in [5.74, 6) is -0.733. The number of amides is 2. The van der Waals surface area contributed by atoms with Gasteiger partial charge in [0.25, 0.3) is 5.91 Å². The number of halogens is 2. The Bertz CT molecular complexity index is 818. The van der Waals surface area contributed by atoms with Crippen molar-refractivity contribution in [3.8, 4) is 5.75 Å². The number of carbonyl (C=O) groups excluding carboxylic acids is 2. The zero-order valence-electron chi connectivity index (χ0n) is 12.9. The summed E-state index contributed by atoms with van der Waals surface area (Å²) in [6.07, 6.45) is 0. The van der Waals surface area contributed by atoms with E-state index in [1.165, 1.54) is 31.4 Å². The lowest BCUT2D eigenvalue weighted by Crippen LogP contribution is -2.34. The molecule has 0 aliphatic heterocycles. The minimum Gasteiger partial charge on any atom is -0.494 e. The molecule has 0 atom stereocenters. The Morgan fingerprint density at radius 2 is 1.64 bits per heavy atom. The summed E-state index contributed by atoms with van der Waals surface area (Å²) in [5.41, 5.74) is 6.34. The first kappa shape index (κ1) is 19.0. The Morgan fingerprint density at radius 3 is 2.12 bits per heavy atom. The highest BCUT2D eigenvalue weighted by molar-refractivity contribution is 7.80. The van der Waals surface area contributed by atoms with Crippen LogP contribution in [0.5, 0.6) is 5.75 Å². The summed E-state index contributed by atoms with van der Waals surface area (Å²) in [4.78, 5) is 23.3. The Labute approximate surface area is 159 Å². The van der Waals surface area contributed by atoms with Crippen LogP contribution in [0.25, 0.3) is 0 Å². The highest BCUT2D eigenvalue weighted by Crippen LogP contribution is 2.33. The van der Waals surface area contributed by atoms with Crippen LogP contribution >= 0.6 is 35.4 Å². The van der Waals surface area contributed by atoms with Gasteiger partial charge in [-0.3, -0.25) is 14.9 Å². The van der Waals surface area contributed by atoms with E-state index in [2.05, 4.69) is 10.6 Å². The van der Waals surface area contributed by atoms with Gasteiger partial charge in [0.1, 0.15) is 0 Å². The van der Waals surface area contributed by atoms with Gasteiger partial charge < -0.3 is 15.8 Å². The number of benzene rings is 2. The number of primary amides is 1. The number of hydrogen-bond acceptors (Lipinski definition) is 4. The number of thiocarbonyl (C=S) groups is 1. The van der Waals surface area contributed by atoms with E-state index < -0.39 is 11.8 Å². The summed E-state index contributed by atoms with van der Waals surface area (Å²) < 4.78 is 5.03. The Hall–Kier alpha value is -2.35. The molecule has 0 spiro atoms. The van der Waals surface area contributed by atoms with Gasteiger partial charge in [-0.15, -0.1) is 0 Å². The van der Waals surface area contributed by atoms with Gasteiger partial charge in [0.15, 0.2) is 10.9 Å². The van der Waals surface area contributed by atoms with Gasteiger partial charge in [0.2, 0.25) is 5.91 Å². The molecule has 0 aliphatic carbocycles. The molecule has 2 rings (SSSR count). The maximum absolute atomic E-state index is 12.2. The maximum Gasteiger partial charge on any atom is 0.257 e. The van der Waals surface area contributed by atoms with Crippen molar-refractivity contribution in [1.29, 1.82) is 0 Å². The van der Waals surface area contributed by atoms with Gasteiger partial charge in [-0.05, 0) is 48.6 Å². The summed E-state index contributed by atoms with van der Waals surface area (Å²) >= 11 is 17.1. The molecule has 0 saturated heterocycles. The van der Waals surface area contributed by atoms with E-state index in [-0.39, 0.29) is 26.5 Å². The molecule has 0 radical (unpaired) electrons. The number of anilines is 1. The molecule has 0 saturated carbocycles. The van der Waals surface area contributed by atoms with Crippen LogP contribution in [0, 0.1) is 0 Å². The van der Waals surface area contributed by atoms with E-state index in [9.17, 15) is 9.59 Å². The molecular weight excluding hydrogens is 385 g/mol. The van der Waals surface area contributed by atoms with Gasteiger partial charge in [0, 0.05) is 16.8 Å². The molecule has 4 N–H and O–H groups in total. The third-order valence-corrected chi connectivity index (χ3v) is 3.88. The van der Waals surface area contributed by atoms with E-state index in [0.717, 1.165) is 0 Å². The number of methoxy groups -OCH3 is 1. The number of rotatable bonds is 4. The normalized spacial score (nSPS) is 10.0. The van der Waals surface area contributed by atoms with Gasteiger partial charge in [-0.25, -0.2) is 0 Å². The third-order valence-electron chi connectivity index (χ3n) is 3.12. The second-order valence-corrected chi connectivity index (χ2v) is 6.05. The van der Waals surface area contributed by atoms with E-state index in [4.69, 9.17) is 45.9 Å². The number of carbonyl (C=O) groups is 2. The average molecular weight is 398 g/mol. The van der Waals surface area contributed by atoms with E-state index in [1.54, 1.807) is 12.1 Å². The van der Waals surface area contributed by atoms with E-state index >= 15 is 0 Å². The van der Waals surface area contributed by atoms with E-state index in [0.29, 0.717) is 11.3 Å². The third kappa shape index (κ3) is 4.82. The maximum atomic E-state index is 12.2. The van der Waals surface area contributed by atoms with Crippen molar-refractivity contribution in [2.75, 3.05) is 12.4 Å². The predicted octanol–water partition coefficient (Wildman–Crippen LogP) is 3.23. The molecule has 0 aliphatic rings. The number of ether oxygens (including phenoxy) is 1. The first-order valence-electron chi connectivity index (χ1n) is 6.87. The van der Waals surface area contributed by atoms with Gasteiger partial charge >= 0.3 is 0 Å². The van der Waals surface area contributed by atoms with E-state index in [1.807, 2.05) is 0 Å². The van der Waals surface area contributed by atoms with Gasteiger partial charge in [-0.1, -0.05) is 23.2 Å². The monoisotopic (exact) mass is 397 g/mol. The van der Waals surface area contributed by atoms with Crippen LogP contribution < -0.4 is 21.1 Å². The first-order chi connectivity index (χ1) is 11.8. The molecule has 0 bridgehead atoms. The fourth-order valence-corrected chi connectivity index (χ4v) is 2.79. The molecule has 2 amide bonds. The van der Waals surface area contributed by atoms with Gasteiger partial charge in [-0.2, -0.15) is 0 Å². The van der Waals surface area contributed by atoms with Crippen LogP contribution in [0.15, 0.2) is 36.4 Å². The zero-order valence-corrected chi connectivity index (χ0v) is 15.3. The molecular formula is C16H13Cl2N3O3S. The van der Waals surface area contributed by atoms with Crippen LogP contribution in [0.2, 0.25) is 10.0 Å². The predicted molar refractivity (Wildman–Crippen MR) is 102 cm³/mol. The molecule has 0 aromatic heterocycles. The smallest absolute Gasteiger partial charge is 0.257 e. The summed E-state index contributed by atoms with van der Waals surface area (Å²) in [7, 11) is 1.43. The summed E-state index contributed by atoms with van der Waals surface area (Å²) in [6, 6.07) is 9.15. The standard InChI is InChI=1S/C16H13Cl2N3O3S/c1-24-13-11(17)6-9(7-12(13)18)15(23)21-16(25)20-10-4-2-8(3-5-10)14(19)22/h2-7H,1H3,(H2,19,22)(H2,20,21,23,25). The minimum absolute atomic E-state index is 0.0693. The largest absolute Gasteiger partial charge is 0.494 e. The van der Waals surface area contributed by atoms with Crippen molar-refractivity contribution in [3.63, 3.8) is 0 Å². The number of nitrogens with one attached hydrogen (secondary N) is 2. The fourth-order valence-electron chi connectivity index (χ4n) is 1.94. The zero-order chi connectivity index (χ0) is 18.6. The summed E-state index contributed by atoms with van der Waals surface area (Å²) in [6.45, 7) is 0. The SMILES string of the molecule is COc1c(Cl)cc(C(=O)NC(=S)Nc2ccc(C(N)=O)cc2)cc1Cl. The van der Waals surface area contributed by atoms with Crippen LogP contribution in [-0.4, -0.2) is 24.0 Å². The first-order valence-corrected chi connectivity index (χ1v) is 8.03. The highest BCUT2D eigenvalue weighted by atomic mass is 35.5. The molecule has 2 aromatic carbocycles. The van der Waals surface area contributed by atoms with Crippen LogP contribution in [0.1, 0.15) is 20.7 Å².